The Morgan fingerprint density at radius 2 is 2.06 bits per heavy atom. The molecule has 1 aliphatic heterocycles. The molecule has 1 saturated heterocycles. The molecule has 1 amide bonds. The van der Waals surface area contributed by atoms with Gasteiger partial charge in [0, 0.05) is 16.7 Å². The Kier molecular flexibility index (Phi) is 4.45. The number of aliphatic hydroxyl groups excluding tert-OH is 1. The molecule has 3 nitrogen and oxygen atoms in total. The predicted molar refractivity (Wildman–Crippen MR) is 75.3 cm³/mol. The summed E-state index contributed by atoms with van der Waals surface area (Å²) in [5, 5.41) is 9.53. The van der Waals surface area contributed by atoms with E-state index in [4.69, 9.17) is 11.6 Å². The summed E-state index contributed by atoms with van der Waals surface area (Å²) < 4.78 is 13.6. The number of carbonyl (C=O) groups is 1. The van der Waals surface area contributed by atoms with E-state index in [1.54, 1.807) is 4.90 Å². The van der Waals surface area contributed by atoms with Crippen LogP contribution in [0.3, 0.4) is 0 Å². The van der Waals surface area contributed by atoms with Crippen LogP contribution in [0.5, 0.6) is 0 Å². The SMILES string of the molecule is O=C(c1cc(I)c(F)cc1Cl)N1CCC(O)CC1. The van der Waals surface area contributed by atoms with Crippen molar-refractivity contribution in [2.45, 2.75) is 18.9 Å². The number of rotatable bonds is 1. The zero-order chi connectivity index (χ0) is 13.3. The third kappa shape index (κ3) is 2.95. The molecule has 0 unspecified atom stereocenters. The van der Waals surface area contributed by atoms with Crippen LogP contribution in [-0.4, -0.2) is 35.1 Å². The molecule has 0 saturated carbocycles. The lowest BCUT2D eigenvalue weighted by Crippen LogP contribution is -2.40. The highest BCUT2D eigenvalue weighted by atomic mass is 127. The maximum Gasteiger partial charge on any atom is 0.255 e. The first-order chi connectivity index (χ1) is 8.49. The summed E-state index contributed by atoms with van der Waals surface area (Å²) in [7, 11) is 0. The molecule has 18 heavy (non-hydrogen) atoms. The van der Waals surface area contributed by atoms with Crippen LogP contribution in [0.15, 0.2) is 12.1 Å². The maximum atomic E-state index is 13.3. The summed E-state index contributed by atoms with van der Waals surface area (Å²) in [5.41, 5.74) is 0.318. The summed E-state index contributed by atoms with van der Waals surface area (Å²) >= 11 is 7.73. The second-order valence-corrected chi connectivity index (χ2v) is 5.84. The maximum absolute atomic E-state index is 13.3. The second-order valence-electron chi connectivity index (χ2n) is 4.27. The number of hydrogen-bond donors (Lipinski definition) is 1. The minimum absolute atomic E-state index is 0.129. The standard InChI is InChI=1S/C12H12ClFINO2/c13-9-6-10(14)11(15)5-8(9)12(18)16-3-1-7(17)2-4-16/h5-7,17H,1-4H2. The lowest BCUT2D eigenvalue weighted by Gasteiger charge is -2.29. The van der Waals surface area contributed by atoms with E-state index in [0.717, 1.165) is 6.07 Å². The number of piperidine rings is 1. The topological polar surface area (TPSA) is 40.5 Å². The fourth-order valence-electron chi connectivity index (χ4n) is 1.93. The number of nitrogens with zero attached hydrogens (tertiary/aromatic N) is 1. The molecule has 0 spiro atoms. The molecule has 6 heteroatoms. The van der Waals surface area contributed by atoms with Crippen molar-refractivity contribution < 1.29 is 14.3 Å². The molecule has 1 aliphatic rings. The number of aliphatic hydroxyl groups is 1. The van der Waals surface area contributed by atoms with Crippen LogP contribution in [0.4, 0.5) is 4.39 Å². The van der Waals surface area contributed by atoms with Gasteiger partial charge >= 0.3 is 0 Å². The Hall–Kier alpha value is -0.400. The van der Waals surface area contributed by atoms with Crippen LogP contribution in [0.1, 0.15) is 23.2 Å². The third-order valence-electron chi connectivity index (χ3n) is 2.99. The zero-order valence-electron chi connectivity index (χ0n) is 9.50. The number of benzene rings is 1. The van der Waals surface area contributed by atoms with E-state index >= 15 is 0 Å². The van der Waals surface area contributed by atoms with Crippen molar-refractivity contribution in [1.29, 1.82) is 0 Å². The Morgan fingerprint density at radius 3 is 2.67 bits per heavy atom. The van der Waals surface area contributed by atoms with Gasteiger partial charge in [0.05, 0.1) is 16.7 Å². The highest BCUT2D eigenvalue weighted by Crippen LogP contribution is 2.24. The van der Waals surface area contributed by atoms with Gasteiger partial charge in [-0.15, -0.1) is 0 Å². The predicted octanol–water partition coefficient (Wildman–Crippen LogP) is 2.68. The normalized spacial score (nSPS) is 17.0. The smallest absolute Gasteiger partial charge is 0.255 e. The molecular formula is C12H12ClFINO2. The van der Waals surface area contributed by atoms with Crippen molar-refractivity contribution in [1.82, 2.24) is 4.90 Å². The molecule has 0 aliphatic carbocycles. The van der Waals surface area contributed by atoms with Crippen molar-refractivity contribution in [2.24, 2.45) is 0 Å². The molecular weight excluding hydrogens is 371 g/mol. The molecule has 1 fully saturated rings. The first-order valence-corrected chi connectivity index (χ1v) is 7.06. The van der Waals surface area contributed by atoms with E-state index in [9.17, 15) is 14.3 Å². The molecule has 98 valence electrons. The van der Waals surface area contributed by atoms with Gasteiger partial charge in [-0.1, -0.05) is 11.6 Å². The quantitative estimate of drug-likeness (QED) is 0.598. The van der Waals surface area contributed by atoms with E-state index in [1.165, 1.54) is 6.07 Å². The van der Waals surface area contributed by atoms with Crippen LogP contribution in [-0.2, 0) is 0 Å². The van der Waals surface area contributed by atoms with Crippen LogP contribution >= 0.6 is 34.2 Å². The lowest BCUT2D eigenvalue weighted by molar-refractivity contribution is 0.0546. The summed E-state index contributed by atoms with van der Waals surface area (Å²) in [6.45, 7) is 1.01. The van der Waals surface area contributed by atoms with Crippen molar-refractivity contribution in [3.8, 4) is 0 Å². The molecule has 1 aromatic carbocycles. The van der Waals surface area contributed by atoms with E-state index in [1.807, 2.05) is 22.6 Å². The number of carbonyl (C=O) groups excluding carboxylic acids is 1. The van der Waals surface area contributed by atoms with E-state index in [0.29, 0.717) is 35.1 Å². The van der Waals surface area contributed by atoms with Crippen molar-refractivity contribution >= 4 is 40.1 Å². The third-order valence-corrected chi connectivity index (χ3v) is 4.13. The number of halogens is 3. The Morgan fingerprint density at radius 1 is 1.44 bits per heavy atom. The molecule has 1 heterocycles. The van der Waals surface area contributed by atoms with Crippen molar-refractivity contribution in [2.75, 3.05) is 13.1 Å². The summed E-state index contributed by atoms with van der Waals surface area (Å²) in [4.78, 5) is 13.9. The lowest BCUT2D eigenvalue weighted by atomic mass is 10.1. The van der Waals surface area contributed by atoms with E-state index in [2.05, 4.69) is 0 Å². The molecule has 0 aromatic heterocycles. The number of amides is 1. The number of hydrogen-bond acceptors (Lipinski definition) is 2. The van der Waals surface area contributed by atoms with Gasteiger partial charge in [-0.2, -0.15) is 0 Å². The first-order valence-electron chi connectivity index (χ1n) is 5.61. The summed E-state index contributed by atoms with van der Waals surface area (Å²) in [6, 6.07) is 2.63. The Bertz CT molecular complexity index is 475. The molecule has 1 aromatic rings. The highest BCUT2D eigenvalue weighted by molar-refractivity contribution is 14.1. The fourth-order valence-corrected chi connectivity index (χ4v) is 2.62. The van der Waals surface area contributed by atoms with Gasteiger partial charge in [0.25, 0.3) is 5.91 Å². The van der Waals surface area contributed by atoms with Crippen LogP contribution in [0.25, 0.3) is 0 Å². The van der Waals surface area contributed by atoms with Gasteiger partial charge in [-0.05, 0) is 47.6 Å². The van der Waals surface area contributed by atoms with Crippen molar-refractivity contribution in [3.63, 3.8) is 0 Å². The van der Waals surface area contributed by atoms with Gasteiger partial charge in [0.15, 0.2) is 0 Å². The Balaban J connectivity index is 2.21. The molecule has 2 rings (SSSR count). The molecule has 0 bridgehead atoms. The summed E-state index contributed by atoms with van der Waals surface area (Å²) in [5.74, 6) is -0.629. The van der Waals surface area contributed by atoms with Crippen LogP contribution in [0.2, 0.25) is 5.02 Å². The monoisotopic (exact) mass is 383 g/mol. The minimum Gasteiger partial charge on any atom is -0.393 e. The van der Waals surface area contributed by atoms with Gasteiger partial charge in [-0.3, -0.25) is 4.79 Å². The zero-order valence-corrected chi connectivity index (χ0v) is 12.4. The van der Waals surface area contributed by atoms with E-state index < -0.39 is 5.82 Å². The molecule has 0 atom stereocenters. The fraction of sp³-hybridized carbons (Fsp3) is 0.417. The van der Waals surface area contributed by atoms with Crippen molar-refractivity contribution in [3.05, 3.63) is 32.1 Å². The summed E-state index contributed by atoms with van der Waals surface area (Å²) in [6.07, 6.45) is 0.807. The average molecular weight is 384 g/mol. The first kappa shape index (κ1) is 14.0. The van der Waals surface area contributed by atoms with Gasteiger partial charge in [0.1, 0.15) is 5.82 Å². The number of likely N-dealkylation sites (tertiary alicyclic amines) is 1. The molecule has 1 N–H and O–H groups in total. The highest BCUT2D eigenvalue weighted by Gasteiger charge is 2.24. The molecule has 0 radical (unpaired) electrons. The van der Waals surface area contributed by atoms with Gasteiger partial charge in [0.2, 0.25) is 0 Å². The Labute approximate surface area is 123 Å². The van der Waals surface area contributed by atoms with Gasteiger partial charge < -0.3 is 10.0 Å². The second kappa shape index (κ2) is 5.71. The average Bonchev–Trinajstić information content (AvgIpc) is 2.34. The minimum atomic E-state index is -0.425. The largest absolute Gasteiger partial charge is 0.393 e. The van der Waals surface area contributed by atoms with Gasteiger partial charge in [-0.25, -0.2) is 4.39 Å². The van der Waals surface area contributed by atoms with E-state index in [-0.39, 0.29) is 17.0 Å². The van der Waals surface area contributed by atoms with Crippen LogP contribution in [0, 0.1) is 9.39 Å². The van der Waals surface area contributed by atoms with Crippen LogP contribution < -0.4 is 0 Å².